The fourth-order valence-corrected chi connectivity index (χ4v) is 0.995. The minimum Gasteiger partial charge on any atom is -0.168 e. The van der Waals surface area contributed by atoms with Gasteiger partial charge in [0.1, 0.15) is 0 Å². The lowest BCUT2D eigenvalue weighted by Crippen LogP contribution is -2.06. The lowest BCUT2D eigenvalue weighted by atomic mass is 10.0. The summed E-state index contributed by atoms with van der Waals surface area (Å²) in [5.41, 5.74) is 1.26. The van der Waals surface area contributed by atoms with Gasteiger partial charge in [-0.3, -0.25) is 0 Å². The third-order valence-corrected chi connectivity index (χ3v) is 1.74. The van der Waals surface area contributed by atoms with Crippen molar-refractivity contribution in [3.05, 3.63) is 35.9 Å². The van der Waals surface area contributed by atoms with E-state index >= 15 is 0 Å². The highest BCUT2D eigenvalue weighted by molar-refractivity contribution is 7.81. The summed E-state index contributed by atoms with van der Waals surface area (Å²) in [6.45, 7) is 4.18. The van der Waals surface area contributed by atoms with Gasteiger partial charge >= 0.3 is 0 Å². The molecule has 0 aliphatic carbocycles. The summed E-state index contributed by atoms with van der Waals surface area (Å²) >= 11 is 4.44. The van der Waals surface area contributed by atoms with Crippen LogP contribution in [0.25, 0.3) is 0 Å². The van der Waals surface area contributed by atoms with Gasteiger partial charge in [0.05, 0.1) is 0 Å². The van der Waals surface area contributed by atoms with Gasteiger partial charge in [-0.1, -0.05) is 30.3 Å². The van der Waals surface area contributed by atoms with Crippen molar-refractivity contribution in [3.8, 4) is 0 Å². The first kappa shape index (κ1) is 11.0. The molecule has 0 bridgehead atoms. The van der Waals surface area contributed by atoms with Gasteiger partial charge in [-0.2, -0.15) is 22.5 Å². The van der Waals surface area contributed by atoms with E-state index in [4.69, 9.17) is 0 Å². The molecule has 0 saturated carbocycles. The van der Waals surface area contributed by atoms with Crippen LogP contribution in [0.2, 0.25) is 0 Å². The van der Waals surface area contributed by atoms with Gasteiger partial charge in [0.25, 0.3) is 0 Å². The summed E-state index contributed by atoms with van der Waals surface area (Å²) in [5, 5.41) is 0. The Balaban J connectivity index is 0.000001000. The van der Waals surface area contributed by atoms with Gasteiger partial charge in [0.2, 0.25) is 0 Å². The first-order valence-electron chi connectivity index (χ1n) is 3.38. The molecule has 1 rings (SSSR count). The molecule has 1 aromatic rings. The Morgan fingerprint density at radius 2 is 1.55 bits per heavy atom. The molecular formula is C9H15PS. The molecule has 0 amide bonds. The Bertz CT molecular complexity index is 201. The van der Waals surface area contributed by atoms with Crippen molar-refractivity contribution in [2.75, 3.05) is 0 Å². The molecule has 62 valence electrons. The molecule has 0 aromatic heterocycles. The molecule has 1 unspecified atom stereocenters. The van der Waals surface area contributed by atoms with Crippen molar-refractivity contribution in [2.24, 2.45) is 0 Å². The molecule has 0 saturated heterocycles. The first-order valence-corrected chi connectivity index (χ1v) is 3.83. The molecule has 0 heterocycles. The minimum atomic E-state index is -0.0126. The summed E-state index contributed by atoms with van der Waals surface area (Å²) in [7, 11) is 0. The second-order valence-electron chi connectivity index (χ2n) is 2.93. The third kappa shape index (κ3) is 3.27. The van der Waals surface area contributed by atoms with Crippen LogP contribution in [0.5, 0.6) is 0 Å². The molecule has 0 aliphatic rings. The van der Waals surface area contributed by atoms with E-state index in [0.717, 1.165) is 0 Å². The van der Waals surface area contributed by atoms with E-state index in [0.29, 0.717) is 0 Å². The number of hydrogen-bond donors (Lipinski definition) is 1. The summed E-state index contributed by atoms with van der Waals surface area (Å²) in [5.74, 6) is 0. The average Bonchev–Trinajstić information content (AvgIpc) is 1.88. The molecule has 0 spiro atoms. The van der Waals surface area contributed by atoms with Crippen LogP contribution in [0, 0.1) is 0 Å². The topological polar surface area (TPSA) is 0 Å². The number of hydrogen-bond acceptors (Lipinski definition) is 1. The standard InChI is InChI=1S/C9H12S.H3P/c1-9(2,10)8-6-4-3-5-7-8;/h3-7,10H,1-2H3;1H3. The molecule has 0 fully saturated rings. The molecule has 2 heteroatoms. The predicted molar refractivity (Wildman–Crippen MR) is 59.6 cm³/mol. The van der Waals surface area contributed by atoms with E-state index in [1.165, 1.54) is 5.56 Å². The molecule has 0 nitrogen and oxygen atoms in total. The lowest BCUT2D eigenvalue weighted by molar-refractivity contribution is 0.791. The van der Waals surface area contributed by atoms with Crippen LogP contribution >= 0.6 is 22.5 Å². The second kappa shape index (κ2) is 4.13. The summed E-state index contributed by atoms with van der Waals surface area (Å²) in [6.07, 6.45) is 0. The Morgan fingerprint density at radius 1 is 1.09 bits per heavy atom. The van der Waals surface area contributed by atoms with Gasteiger partial charge in [-0.15, -0.1) is 0 Å². The van der Waals surface area contributed by atoms with Crippen molar-refractivity contribution in [1.82, 2.24) is 0 Å². The summed E-state index contributed by atoms with van der Waals surface area (Å²) in [4.78, 5) is 0. The summed E-state index contributed by atoms with van der Waals surface area (Å²) < 4.78 is -0.0126. The van der Waals surface area contributed by atoms with Gasteiger partial charge < -0.3 is 0 Å². The van der Waals surface area contributed by atoms with Crippen LogP contribution in [0.4, 0.5) is 0 Å². The first-order chi connectivity index (χ1) is 4.61. The Hall–Kier alpha value is -0.0000000000000000555. The predicted octanol–water partition coefficient (Wildman–Crippen LogP) is 2.91. The van der Waals surface area contributed by atoms with Crippen molar-refractivity contribution in [2.45, 2.75) is 18.6 Å². The zero-order chi connectivity index (χ0) is 7.61. The fraction of sp³-hybridized carbons (Fsp3) is 0.333. The van der Waals surface area contributed by atoms with E-state index in [1.807, 2.05) is 18.2 Å². The number of thiol groups is 1. The highest BCUT2D eigenvalue weighted by Gasteiger charge is 2.12. The van der Waals surface area contributed by atoms with Crippen LogP contribution < -0.4 is 0 Å². The molecule has 0 aliphatic heterocycles. The zero-order valence-electron chi connectivity index (χ0n) is 7.04. The monoisotopic (exact) mass is 186 g/mol. The van der Waals surface area contributed by atoms with E-state index in [-0.39, 0.29) is 14.6 Å². The zero-order valence-corrected chi connectivity index (χ0v) is 9.35. The SMILES string of the molecule is CC(C)(S)c1ccccc1.P. The van der Waals surface area contributed by atoms with E-state index in [2.05, 4.69) is 38.6 Å². The van der Waals surface area contributed by atoms with Crippen LogP contribution in [0.15, 0.2) is 30.3 Å². The van der Waals surface area contributed by atoms with Gasteiger partial charge in [-0.05, 0) is 19.4 Å². The molecule has 0 radical (unpaired) electrons. The van der Waals surface area contributed by atoms with Crippen molar-refractivity contribution < 1.29 is 0 Å². The van der Waals surface area contributed by atoms with Crippen LogP contribution in [0.3, 0.4) is 0 Å². The maximum atomic E-state index is 4.44. The molecule has 1 atom stereocenters. The normalized spacial score (nSPS) is 10.5. The lowest BCUT2D eigenvalue weighted by Gasteiger charge is -2.16. The van der Waals surface area contributed by atoms with E-state index < -0.39 is 0 Å². The maximum Gasteiger partial charge on any atom is 0.0322 e. The van der Waals surface area contributed by atoms with Crippen LogP contribution in [0.1, 0.15) is 19.4 Å². The van der Waals surface area contributed by atoms with Crippen molar-refractivity contribution >= 4 is 22.5 Å². The summed E-state index contributed by atoms with van der Waals surface area (Å²) in [6, 6.07) is 10.3. The third-order valence-electron chi connectivity index (χ3n) is 1.48. The molecular weight excluding hydrogens is 171 g/mol. The molecule has 11 heavy (non-hydrogen) atoms. The minimum absolute atomic E-state index is 0. The van der Waals surface area contributed by atoms with Gasteiger partial charge in [0.15, 0.2) is 0 Å². The Morgan fingerprint density at radius 3 is 1.82 bits per heavy atom. The number of rotatable bonds is 1. The highest BCUT2D eigenvalue weighted by atomic mass is 32.1. The Kier molecular flexibility index (Phi) is 4.13. The molecule has 1 aromatic carbocycles. The number of benzene rings is 1. The quantitative estimate of drug-likeness (QED) is 0.506. The van der Waals surface area contributed by atoms with Crippen LogP contribution in [-0.2, 0) is 4.75 Å². The average molecular weight is 186 g/mol. The molecule has 0 N–H and O–H groups in total. The maximum absolute atomic E-state index is 4.44. The fourth-order valence-electron chi connectivity index (χ4n) is 0.846. The second-order valence-corrected chi connectivity index (χ2v) is 4.04. The highest BCUT2D eigenvalue weighted by Crippen LogP contribution is 2.25. The largest absolute Gasteiger partial charge is 0.168 e. The van der Waals surface area contributed by atoms with Crippen LogP contribution in [-0.4, -0.2) is 0 Å². The van der Waals surface area contributed by atoms with Crippen molar-refractivity contribution in [3.63, 3.8) is 0 Å². The van der Waals surface area contributed by atoms with E-state index in [9.17, 15) is 0 Å². The van der Waals surface area contributed by atoms with Gasteiger partial charge in [0, 0.05) is 4.75 Å². The van der Waals surface area contributed by atoms with E-state index in [1.54, 1.807) is 0 Å². The Labute approximate surface area is 77.4 Å². The van der Waals surface area contributed by atoms with Crippen molar-refractivity contribution in [1.29, 1.82) is 0 Å². The smallest absolute Gasteiger partial charge is 0.0322 e. The van der Waals surface area contributed by atoms with Gasteiger partial charge in [-0.25, -0.2) is 0 Å².